The Kier molecular flexibility index (Phi) is 4.61. The van der Waals surface area contributed by atoms with E-state index in [1.165, 1.54) is 0 Å². The molecule has 0 N–H and O–H groups in total. The minimum atomic E-state index is -4.18. The van der Waals surface area contributed by atoms with Crippen LogP contribution >= 0.6 is 0 Å². The van der Waals surface area contributed by atoms with E-state index in [2.05, 4.69) is 0 Å². The molecule has 0 radical (unpaired) electrons. The fourth-order valence-corrected chi connectivity index (χ4v) is 5.43. The Balaban J connectivity index is 1.89. The van der Waals surface area contributed by atoms with Gasteiger partial charge in [-0.05, 0) is 51.3 Å². The number of carbonyl (C=O) groups is 1. The zero-order valence-electron chi connectivity index (χ0n) is 14.3. The van der Waals surface area contributed by atoms with Crippen molar-refractivity contribution in [3.63, 3.8) is 0 Å². The summed E-state index contributed by atoms with van der Waals surface area (Å²) in [5, 5.41) is 0. The van der Waals surface area contributed by atoms with Gasteiger partial charge in [0.1, 0.15) is 16.5 Å². The molecule has 2 fully saturated rings. The number of hydrogen-bond acceptors (Lipinski definition) is 3. The molecular formula is C17H22F2N2O3S. The molecule has 1 aromatic carbocycles. The highest BCUT2D eigenvalue weighted by Gasteiger charge is 2.51. The van der Waals surface area contributed by atoms with E-state index in [4.69, 9.17) is 0 Å². The van der Waals surface area contributed by atoms with Gasteiger partial charge in [-0.2, -0.15) is 4.31 Å². The highest BCUT2D eigenvalue weighted by molar-refractivity contribution is 7.89. The number of sulfonamides is 1. The largest absolute Gasteiger partial charge is 0.340 e. The van der Waals surface area contributed by atoms with E-state index in [1.54, 1.807) is 4.90 Å². The van der Waals surface area contributed by atoms with Crippen LogP contribution in [0.1, 0.15) is 33.1 Å². The topological polar surface area (TPSA) is 57.7 Å². The summed E-state index contributed by atoms with van der Waals surface area (Å²) >= 11 is 0. The van der Waals surface area contributed by atoms with Crippen LogP contribution in [0.25, 0.3) is 0 Å². The minimum Gasteiger partial charge on any atom is -0.340 e. The average Bonchev–Trinajstić information content (AvgIpc) is 2.98. The second-order valence-corrected chi connectivity index (χ2v) is 9.05. The van der Waals surface area contributed by atoms with Crippen molar-refractivity contribution in [1.82, 2.24) is 9.21 Å². The molecule has 2 aliphatic heterocycles. The third-order valence-electron chi connectivity index (χ3n) is 5.22. The predicted octanol–water partition coefficient (Wildman–Crippen LogP) is 2.38. The summed E-state index contributed by atoms with van der Waals surface area (Å²) in [6, 6.07) is 2.43. The van der Waals surface area contributed by atoms with Gasteiger partial charge in [0.2, 0.25) is 15.9 Å². The van der Waals surface area contributed by atoms with E-state index in [0.29, 0.717) is 25.5 Å². The van der Waals surface area contributed by atoms with E-state index >= 15 is 0 Å². The van der Waals surface area contributed by atoms with Gasteiger partial charge in [-0.25, -0.2) is 17.2 Å². The van der Waals surface area contributed by atoms with E-state index in [-0.39, 0.29) is 25.0 Å². The monoisotopic (exact) mass is 372 g/mol. The first-order valence-corrected chi connectivity index (χ1v) is 9.88. The van der Waals surface area contributed by atoms with E-state index in [1.807, 2.05) is 13.8 Å². The molecule has 1 spiro atoms. The maximum absolute atomic E-state index is 13.9. The van der Waals surface area contributed by atoms with Crippen LogP contribution in [0.5, 0.6) is 0 Å². The Morgan fingerprint density at radius 1 is 1.16 bits per heavy atom. The molecule has 0 aliphatic carbocycles. The standard InChI is InChI=1S/C17H22F2N2O3S/c1-12(2)21-8-3-6-17(16(21)22)7-9-20(11-17)25(23,24)15-10-13(18)4-5-14(15)19/h4-5,10,12H,3,6-9,11H2,1-2H3/t17-/m1/s1. The van der Waals surface area contributed by atoms with Gasteiger partial charge in [-0.1, -0.05) is 0 Å². The number of benzene rings is 1. The van der Waals surface area contributed by atoms with Gasteiger partial charge in [0.05, 0.1) is 5.41 Å². The van der Waals surface area contributed by atoms with E-state index in [9.17, 15) is 22.0 Å². The minimum absolute atomic E-state index is 0.0212. The van der Waals surface area contributed by atoms with Crippen molar-refractivity contribution in [2.75, 3.05) is 19.6 Å². The summed E-state index contributed by atoms with van der Waals surface area (Å²) in [6.45, 7) is 4.69. The van der Waals surface area contributed by atoms with Crippen LogP contribution in [0.15, 0.2) is 23.1 Å². The lowest BCUT2D eigenvalue weighted by molar-refractivity contribution is -0.147. The molecule has 0 bridgehead atoms. The van der Waals surface area contributed by atoms with Crippen LogP contribution in [0, 0.1) is 17.0 Å². The summed E-state index contributed by atoms with van der Waals surface area (Å²) in [5.41, 5.74) is -0.751. The number of halogens is 2. The molecular weight excluding hydrogens is 350 g/mol. The maximum atomic E-state index is 13.9. The molecule has 8 heteroatoms. The second kappa shape index (κ2) is 6.32. The maximum Gasteiger partial charge on any atom is 0.246 e. The summed E-state index contributed by atoms with van der Waals surface area (Å²) in [6.07, 6.45) is 1.84. The average molecular weight is 372 g/mol. The second-order valence-electron chi connectivity index (χ2n) is 7.14. The molecule has 2 aliphatic rings. The predicted molar refractivity (Wildman–Crippen MR) is 88.2 cm³/mol. The molecule has 1 amide bonds. The molecule has 0 saturated carbocycles. The lowest BCUT2D eigenvalue weighted by Gasteiger charge is -2.41. The highest BCUT2D eigenvalue weighted by Crippen LogP contribution is 2.42. The number of rotatable bonds is 3. The van der Waals surface area contributed by atoms with Crippen molar-refractivity contribution >= 4 is 15.9 Å². The summed E-state index contributed by atoms with van der Waals surface area (Å²) in [7, 11) is -4.18. The molecule has 25 heavy (non-hydrogen) atoms. The van der Waals surface area contributed by atoms with Crippen LogP contribution in [0.2, 0.25) is 0 Å². The number of piperidine rings is 1. The van der Waals surface area contributed by atoms with Crippen molar-refractivity contribution in [2.45, 2.75) is 44.0 Å². The van der Waals surface area contributed by atoms with Gasteiger partial charge in [0, 0.05) is 25.7 Å². The first-order chi connectivity index (χ1) is 11.7. The molecule has 1 aromatic rings. The Morgan fingerprint density at radius 2 is 1.88 bits per heavy atom. The fourth-order valence-electron chi connectivity index (χ4n) is 3.83. The van der Waals surface area contributed by atoms with Gasteiger partial charge < -0.3 is 4.90 Å². The molecule has 0 unspecified atom stereocenters. The van der Waals surface area contributed by atoms with Crippen molar-refractivity contribution < 1.29 is 22.0 Å². The molecule has 0 aromatic heterocycles. The zero-order chi connectivity index (χ0) is 18.4. The Bertz CT molecular complexity index is 797. The molecule has 2 heterocycles. The summed E-state index contributed by atoms with van der Waals surface area (Å²) in [5.74, 6) is -1.83. The number of hydrogen-bond donors (Lipinski definition) is 0. The lowest BCUT2D eigenvalue weighted by atomic mass is 9.78. The molecule has 5 nitrogen and oxygen atoms in total. The molecule has 1 atom stereocenters. The highest BCUT2D eigenvalue weighted by atomic mass is 32.2. The first kappa shape index (κ1) is 18.3. The van der Waals surface area contributed by atoms with Gasteiger partial charge >= 0.3 is 0 Å². The number of carbonyl (C=O) groups excluding carboxylic acids is 1. The summed E-state index contributed by atoms with van der Waals surface area (Å²) < 4.78 is 54.0. The van der Waals surface area contributed by atoms with Gasteiger partial charge in [0.25, 0.3) is 0 Å². The summed E-state index contributed by atoms with van der Waals surface area (Å²) in [4.78, 5) is 14.0. The SMILES string of the molecule is CC(C)N1CCC[C@]2(CCN(S(=O)(=O)c3cc(F)ccc3F)C2)C1=O. The quantitative estimate of drug-likeness (QED) is 0.819. The van der Waals surface area contributed by atoms with Crippen molar-refractivity contribution in [1.29, 1.82) is 0 Å². The molecule has 2 saturated heterocycles. The van der Waals surface area contributed by atoms with E-state index in [0.717, 1.165) is 22.9 Å². The molecule has 138 valence electrons. The van der Waals surface area contributed by atoms with Gasteiger partial charge in [-0.3, -0.25) is 4.79 Å². The van der Waals surface area contributed by atoms with Crippen molar-refractivity contribution in [2.24, 2.45) is 5.41 Å². The van der Waals surface area contributed by atoms with Crippen molar-refractivity contribution in [3.05, 3.63) is 29.8 Å². The van der Waals surface area contributed by atoms with Crippen LogP contribution in [0.3, 0.4) is 0 Å². The zero-order valence-corrected chi connectivity index (χ0v) is 15.2. The molecule has 3 rings (SSSR count). The van der Waals surface area contributed by atoms with Gasteiger partial charge in [0.15, 0.2) is 0 Å². The van der Waals surface area contributed by atoms with Gasteiger partial charge in [-0.15, -0.1) is 0 Å². The number of amides is 1. The Labute approximate surface area is 146 Å². The lowest BCUT2D eigenvalue weighted by Crippen LogP contribution is -2.52. The van der Waals surface area contributed by atoms with Crippen LogP contribution in [-0.2, 0) is 14.8 Å². The van der Waals surface area contributed by atoms with E-state index < -0.39 is 32.0 Å². The number of likely N-dealkylation sites (tertiary alicyclic amines) is 1. The first-order valence-electron chi connectivity index (χ1n) is 8.44. The Hall–Kier alpha value is -1.54. The number of nitrogens with zero attached hydrogens (tertiary/aromatic N) is 2. The van der Waals surface area contributed by atoms with Crippen LogP contribution in [-0.4, -0.2) is 49.2 Å². The third kappa shape index (κ3) is 3.06. The van der Waals surface area contributed by atoms with Crippen LogP contribution in [0.4, 0.5) is 8.78 Å². The normalized spacial score (nSPS) is 25.3. The smallest absolute Gasteiger partial charge is 0.246 e. The van der Waals surface area contributed by atoms with Crippen LogP contribution < -0.4 is 0 Å². The Morgan fingerprint density at radius 3 is 2.56 bits per heavy atom. The van der Waals surface area contributed by atoms with Crippen molar-refractivity contribution in [3.8, 4) is 0 Å². The fraction of sp³-hybridized carbons (Fsp3) is 0.588. The third-order valence-corrected chi connectivity index (χ3v) is 7.08.